The van der Waals surface area contributed by atoms with Gasteiger partial charge in [0.2, 0.25) is 0 Å². The van der Waals surface area contributed by atoms with E-state index in [9.17, 15) is 0 Å². The summed E-state index contributed by atoms with van der Waals surface area (Å²) >= 11 is 9.82. The van der Waals surface area contributed by atoms with Crippen LogP contribution in [0.5, 0.6) is 0 Å². The number of benzene rings is 1. The number of hydrogen-bond donors (Lipinski definition) is 1. The topological polar surface area (TPSA) is 15.3 Å². The summed E-state index contributed by atoms with van der Waals surface area (Å²) in [5.74, 6) is 0. The average molecular weight is 417 g/mol. The van der Waals surface area contributed by atoms with Crippen LogP contribution in [-0.4, -0.2) is 31.1 Å². The SMILES string of the molecule is C=CCC[C@@H](c1cc(Cl)ccc1Br)N1CCNCC1.Cl.Cl. The van der Waals surface area contributed by atoms with E-state index in [1.54, 1.807) is 0 Å². The Morgan fingerprint density at radius 1 is 1.33 bits per heavy atom. The average Bonchev–Trinajstić information content (AvgIpc) is 2.44. The molecule has 1 aromatic carbocycles. The summed E-state index contributed by atoms with van der Waals surface area (Å²) in [5, 5.41) is 4.21. The molecule has 1 atom stereocenters. The molecule has 6 heteroatoms. The molecular formula is C15H22BrCl3N2. The summed E-state index contributed by atoms with van der Waals surface area (Å²) in [6, 6.07) is 6.47. The Balaban J connectivity index is 0.00000200. The van der Waals surface area contributed by atoms with Crippen molar-refractivity contribution in [3.63, 3.8) is 0 Å². The summed E-state index contributed by atoms with van der Waals surface area (Å²) in [7, 11) is 0. The van der Waals surface area contributed by atoms with Gasteiger partial charge in [-0.25, -0.2) is 0 Å². The predicted molar refractivity (Wildman–Crippen MR) is 100 cm³/mol. The van der Waals surface area contributed by atoms with Gasteiger partial charge >= 0.3 is 0 Å². The number of allylic oxidation sites excluding steroid dienone is 1. The number of hydrogen-bond acceptors (Lipinski definition) is 2. The van der Waals surface area contributed by atoms with Crippen LogP contribution in [0, 0.1) is 0 Å². The summed E-state index contributed by atoms with van der Waals surface area (Å²) in [5.41, 5.74) is 1.29. The van der Waals surface area contributed by atoms with Crippen molar-refractivity contribution in [3.05, 3.63) is 45.9 Å². The highest BCUT2D eigenvalue weighted by Crippen LogP contribution is 2.33. The van der Waals surface area contributed by atoms with E-state index in [0.717, 1.165) is 48.5 Å². The lowest BCUT2D eigenvalue weighted by Crippen LogP contribution is -2.45. The lowest BCUT2D eigenvalue weighted by atomic mass is 9.99. The number of halogens is 4. The molecule has 0 bridgehead atoms. The normalized spacial score (nSPS) is 16.5. The molecule has 2 rings (SSSR count). The highest BCUT2D eigenvalue weighted by Gasteiger charge is 2.23. The first kappa shape index (κ1) is 21.2. The molecule has 0 amide bonds. The third-order valence-electron chi connectivity index (χ3n) is 3.55. The van der Waals surface area contributed by atoms with Crippen molar-refractivity contribution in [1.82, 2.24) is 10.2 Å². The molecule has 1 saturated heterocycles. The molecule has 0 radical (unpaired) electrons. The fourth-order valence-corrected chi connectivity index (χ4v) is 3.27. The molecule has 0 aliphatic carbocycles. The molecule has 1 aliphatic rings. The molecule has 1 heterocycles. The Hall–Kier alpha value is 0.230. The van der Waals surface area contributed by atoms with Crippen molar-refractivity contribution in [3.8, 4) is 0 Å². The van der Waals surface area contributed by atoms with E-state index < -0.39 is 0 Å². The van der Waals surface area contributed by atoms with E-state index in [4.69, 9.17) is 11.6 Å². The maximum absolute atomic E-state index is 6.16. The third-order valence-corrected chi connectivity index (χ3v) is 4.51. The van der Waals surface area contributed by atoms with Crippen molar-refractivity contribution < 1.29 is 0 Å². The minimum Gasteiger partial charge on any atom is -0.314 e. The van der Waals surface area contributed by atoms with Crippen molar-refractivity contribution in [1.29, 1.82) is 0 Å². The first-order valence-corrected chi connectivity index (χ1v) is 7.90. The van der Waals surface area contributed by atoms with Crippen LogP contribution in [0.3, 0.4) is 0 Å². The van der Waals surface area contributed by atoms with Crippen LogP contribution in [-0.2, 0) is 0 Å². The Morgan fingerprint density at radius 3 is 2.62 bits per heavy atom. The smallest absolute Gasteiger partial charge is 0.0410 e. The van der Waals surface area contributed by atoms with E-state index in [-0.39, 0.29) is 24.8 Å². The second-order valence-electron chi connectivity index (χ2n) is 4.83. The van der Waals surface area contributed by atoms with Crippen LogP contribution in [0.4, 0.5) is 0 Å². The van der Waals surface area contributed by atoms with Crippen LogP contribution in [0.1, 0.15) is 24.4 Å². The standard InChI is InChI=1S/C15H20BrClN2.2ClH/c1-2-3-4-15(19-9-7-18-8-10-19)13-11-12(17)5-6-14(13)16;;/h2,5-6,11,15,18H,1,3-4,7-10H2;2*1H/t15-;;/m0../s1. The molecule has 0 aromatic heterocycles. The Kier molecular flexibility index (Phi) is 11.0. The quantitative estimate of drug-likeness (QED) is 0.690. The highest BCUT2D eigenvalue weighted by molar-refractivity contribution is 9.10. The molecule has 2 nitrogen and oxygen atoms in total. The van der Waals surface area contributed by atoms with Crippen LogP contribution in [0.15, 0.2) is 35.3 Å². The second kappa shape index (κ2) is 10.9. The maximum atomic E-state index is 6.16. The van der Waals surface area contributed by atoms with Gasteiger partial charge in [0.15, 0.2) is 0 Å². The van der Waals surface area contributed by atoms with Gasteiger partial charge in [-0.3, -0.25) is 4.90 Å². The van der Waals surface area contributed by atoms with E-state index in [2.05, 4.69) is 38.8 Å². The summed E-state index contributed by atoms with van der Waals surface area (Å²) in [4.78, 5) is 2.54. The molecule has 120 valence electrons. The van der Waals surface area contributed by atoms with E-state index >= 15 is 0 Å². The minimum atomic E-state index is 0. The van der Waals surface area contributed by atoms with Gasteiger partial charge in [-0.2, -0.15) is 0 Å². The lowest BCUT2D eigenvalue weighted by Gasteiger charge is -2.35. The van der Waals surface area contributed by atoms with E-state index in [1.165, 1.54) is 5.56 Å². The zero-order chi connectivity index (χ0) is 13.7. The Labute approximate surface area is 153 Å². The van der Waals surface area contributed by atoms with Gasteiger partial charge in [-0.15, -0.1) is 31.4 Å². The molecule has 21 heavy (non-hydrogen) atoms. The van der Waals surface area contributed by atoms with E-state index in [1.807, 2.05) is 18.2 Å². The fraction of sp³-hybridized carbons (Fsp3) is 0.467. The zero-order valence-electron chi connectivity index (χ0n) is 11.9. The van der Waals surface area contributed by atoms with Gasteiger partial charge in [0.1, 0.15) is 0 Å². The summed E-state index contributed by atoms with van der Waals surface area (Å²) in [6.45, 7) is 8.13. The molecule has 1 aliphatic heterocycles. The van der Waals surface area contributed by atoms with Gasteiger partial charge in [0.25, 0.3) is 0 Å². The molecule has 1 fully saturated rings. The van der Waals surface area contributed by atoms with Crippen molar-refractivity contribution >= 4 is 52.3 Å². The van der Waals surface area contributed by atoms with Crippen molar-refractivity contribution in [2.24, 2.45) is 0 Å². The molecule has 0 saturated carbocycles. The number of piperazine rings is 1. The fourth-order valence-electron chi connectivity index (χ4n) is 2.57. The van der Waals surface area contributed by atoms with Crippen LogP contribution >= 0.6 is 52.3 Å². The monoisotopic (exact) mass is 414 g/mol. The Morgan fingerprint density at radius 2 is 2.00 bits per heavy atom. The van der Waals surface area contributed by atoms with Crippen LogP contribution < -0.4 is 5.32 Å². The second-order valence-corrected chi connectivity index (χ2v) is 6.12. The first-order chi connectivity index (χ1) is 9.22. The Bertz CT molecular complexity index is 437. The number of nitrogens with one attached hydrogen (secondary N) is 1. The maximum Gasteiger partial charge on any atom is 0.0410 e. The minimum absolute atomic E-state index is 0. The molecule has 0 unspecified atom stereocenters. The van der Waals surface area contributed by atoms with Gasteiger partial charge in [-0.1, -0.05) is 33.6 Å². The summed E-state index contributed by atoms with van der Waals surface area (Å²) in [6.07, 6.45) is 4.10. The van der Waals surface area contributed by atoms with Crippen molar-refractivity contribution in [2.45, 2.75) is 18.9 Å². The predicted octanol–water partition coefficient (Wildman–Crippen LogP) is 4.86. The van der Waals surface area contributed by atoms with Gasteiger partial charge in [-0.05, 0) is 36.6 Å². The zero-order valence-corrected chi connectivity index (χ0v) is 15.8. The van der Waals surface area contributed by atoms with Gasteiger partial charge < -0.3 is 5.32 Å². The number of rotatable bonds is 5. The van der Waals surface area contributed by atoms with Crippen molar-refractivity contribution in [2.75, 3.05) is 26.2 Å². The molecule has 1 N–H and O–H groups in total. The first-order valence-electron chi connectivity index (χ1n) is 6.73. The van der Waals surface area contributed by atoms with E-state index in [0.29, 0.717) is 6.04 Å². The lowest BCUT2D eigenvalue weighted by molar-refractivity contribution is 0.165. The van der Waals surface area contributed by atoms with Crippen LogP contribution in [0.25, 0.3) is 0 Å². The third kappa shape index (κ3) is 6.09. The van der Waals surface area contributed by atoms with Gasteiger partial charge in [0.05, 0.1) is 0 Å². The van der Waals surface area contributed by atoms with Gasteiger partial charge in [0, 0.05) is 41.7 Å². The largest absolute Gasteiger partial charge is 0.314 e. The summed E-state index contributed by atoms with van der Waals surface area (Å²) < 4.78 is 1.14. The highest BCUT2D eigenvalue weighted by atomic mass is 79.9. The molecule has 0 spiro atoms. The number of nitrogens with zero attached hydrogens (tertiary/aromatic N) is 1. The molecular weight excluding hydrogens is 394 g/mol. The van der Waals surface area contributed by atoms with Crippen LogP contribution in [0.2, 0.25) is 5.02 Å². The molecule has 1 aromatic rings.